The van der Waals surface area contributed by atoms with Crippen LogP contribution in [0.25, 0.3) is 11.4 Å². The van der Waals surface area contributed by atoms with E-state index in [1.807, 2.05) is 151 Å². The summed E-state index contributed by atoms with van der Waals surface area (Å²) in [4.78, 5) is 70.8. The number of nitrogens with one attached hydrogen (secondary N) is 2. The predicted molar refractivity (Wildman–Crippen MR) is 338 cm³/mol. The Morgan fingerprint density at radius 2 is 1.15 bits per heavy atom. The number of allylic oxidation sites excluding steroid dienone is 7. The van der Waals surface area contributed by atoms with Crippen molar-refractivity contribution in [2.24, 2.45) is 35.0 Å². The standard InChI is InChI=1S/C33H39N3O3.C22H27N3O2.C8H12O.2C2H6.HI.2H2/c37-30(22-24-12-3-1-5-14-26(24)31(38)33-18-8-2-4-13-25(33)23-33)36-21-11-17-29(36)32(39)34-27-15-6-7-16-28(27)35-19-9-10-20-35;26-21(23-18-11-4-5-12-19(18)24-14-6-7-15-24)20-13-8-16-25(20)22(27)17-9-2-1-3-10-17;9-7-8-5-3-1-2-4-6-8;2*1-2;;;/h4,6-10,13,15-16,18-20,24-26,29H,1-3,5,11-12,14,17,21-23H2,(H,34,39);4-7,11-12,14-15,17,20H,1-3,8-10,13,16H2,(H,23,26);1-3,5,8-9H,4,6-7H2;2*1-2H3;3*1H/t24?,25?,26-,29-,33?;20-;;;;;;/m00....../s1. The van der Waals surface area contributed by atoms with Gasteiger partial charge in [0.2, 0.25) is 23.6 Å². The van der Waals surface area contributed by atoms with Crippen LogP contribution in [-0.4, -0.2) is 85.2 Å². The van der Waals surface area contributed by atoms with E-state index in [2.05, 4.69) is 47.1 Å². The Morgan fingerprint density at radius 1 is 0.600 bits per heavy atom. The van der Waals surface area contributed by atoms with Gasteiger partial charge in [0.25, 0.3) is 0 Å². The fourth-order valence-electron chi connectivity index (χ4n) is 12.6. The van der Waals surface area contributed by atoms with Crippen LogP contribution >= 0.6 is 24.0 Å². The summed E-state index contributed by atoms with van der Waals surface area (Å²) in [7, 11) is 0. The molecule has 80 heavy (non-hydrogen) atoms. The van der Waals surface area contributed by atoms with Gasteiger partial charge in [-0.15, -0.1) is 24.0 Å². The number of ketones is 1. The van der Waals surface area contributed by atoms with E-state index in [4.69, 9.17) is 5.11 Å². The van der Waals surface area contributed by atoms with Gasteiger partial charge in [0, 0.05) is 71.5 Å². The molecule has 4 aromatic rings. The second-order valence-electron chi connectivity index (χ2n) is 21.8. The summed E-state index contributed by atoms with van der Waals surface area (Å²) in [6.07, 6.45) is 42.7. The van der Waals surface area contributed by atoms with Crippen LogP contribution < -0.4 is 10.6 Å². The Morgan fingerprint density at radius 3 is 1.75 bits per heavy atom. The number of rotatable bonds is 12. The van der Waals surface area contributed by atoms with Gasteiger partial charge in [-0.2, -0.15) is 0 Å². The topological polar surface area (TPSA) is 146 Å². The number of fused-ring (bicyclic) bond motifs is 1. The average molecular weight is 1210 g/mol. The Bertz CT molecular complexity index is 2700. The number of carbonyl (C=O) groups is 5. The lowest BCUT2D eigenvalue weighted by Crippen LogP contribution is -2.46. The molecule has 2 aromatic carbocycles. The van der Waals surface area contributed by atoms with Gasteiger partial charge < -0.3 is 34.7 Å². The lowest BCUT2D eigenvalue weighted by molar-refractivity contribution is -0.141. The van der Waals surface area contributed by atoms with Crippen molar-refractivity contribution in [3.05, 3.63) is 146 Å². The van der Waals surface area contributed by atoms with Gasteiger partial charge in [0.15, 0.2) is 0 Å². The zero-order valence-electron chi connectivity index (χ0n) is 48.1. The summed E-state index contributed by atoms with van der Waals surface area (Å²) in [5, 5.41) is 14.9. The molecule has 2 aliphatic heterocycles. The van der Waals surface area contributed by atoms with E-state index in [9.17, 15) is 24.0 Å². The number of Topliss-reactive ketones (excluding diaryl/α,β-unsaturated/α-hetero) is 1. The third-order valence-electron chi connectivity index (χ3n) is 16.8. The number of likely N-dealkylation sites (tertiary alicyclic amines) is 2. The number of hydrogen-bond acceptors (Lipinski definition) is 6. The molecule has 4 amide bonds. The van der Waals surface area contributed by atoms with E-state index in [1.165, 1.54) is 6.42 Å². The summed E-state index contributed by atoms with van der Waals surface area (Å²) in [6, 6.07) is 22.5. The van der Waals surface area contributed by atoms with Crippen molar-refractivity contribution < 1.29 is 31.9 Å². The number of para-hydroxylation sites is 4. The summed E-state index contributed by atoms with van der Waals surface area (Å²) in [5.74, 6) is 1.17. The minimum absolute atomic E-state index is 0. The quantitative estimate of drug-likeness (QED) is 0.0731. The van der Waals surface area contributed by atoms with E-state index in [0.717, 1.165) is 125 Å². The van der Waals surface area contributed by atoms with E-state index in [1.54, 1.807) is 4.90 Å². The molecule has 3 saturated carbocycles. The predicted octanol–water partition coefficient (Wildman–Crippen LogP) is 14.7. The maximum Gasteiger partial charge on any atom is 0.247 e. The van der Waals surface area contributed by atoms with E-state index < -0.39 is 6.04 Å². The van der Waals surface area contributed by atoms with Crippen molar-refractivity contribution in [3.8, 4) is 11.4 Å². The largest absolute Gasteiger partial charge is 0.396 e. The van der Waals surface area contributed by atoms with Crippen LogP contribution in [0, 0.1) is 35.0 Å². The molecule has 5 fully saturated rings. The van der Waals surface area contributed by atoms with Crippen LogP contribution in [0.15, 0.2) is 146 Å². The lowest BCUT2D eigenvalue weighted by atomic mass is 9.76. The highest BCUT2D eigenvalue weighted by molar-refractivity contribution is 14.0. The van der Waals surface area contributed by atoms with Crippen LogP contribution in [0.3, 0.4) is 0 Å². The molecule has 12 nitrogen and oxygen atoms in total. The van der Waals surface area contributed by atoms with Crippen LogP contribution in [-0.2, 0) is 24.0 Å². The number of aliphatic hydroxyl groups is 1. The second-order valence-corrected chi connectivity index (χ2v) is 21.8. The molecule has 13 heteroatoms. The summed E-state index contributed by atoms with van der Waals surface area (Å²) in [6.45, 7) is 9.59. The zero-order chi connectivity index (χ0) is 56.0. The van der Waals surface area contributed by atoms with E-state index in [0.29, 0.717) is 43.6 Å². The smallest absolute Gasteiger partial charge is 0.247 e. The Kier molecular flexibility index (Phi) is 25.8. The Balaban J connectivity index is 0.000000292. The zero-order valence-corrected chi connectivity index (χ0v) is 50.5. The number of halogens is 1. The average Bonchev–Trinajstić information content (AvgIpc) is 4.10. The molecular weight excluding hydrogens is 1110 g/mol. The third kappa shape index (κ3) is 16.4. The first-order valence-electron chi connectivity index (χ1n) is 30.2. The molecule has 0 spiro atoms. The monoisotopic (exact) mass is 1210 g/mol. The molecule has 2 saturated heterocycles. The number of aliphatic hydroxyl groups excluding tert-OH is 1. The van der Waals surface area contributed by atoms with Crippen LogP contribution in [0.5, 0.6) is 0 Å². The number of nitrogens with zero attached hydrogens (tertiary/aromatic N) is 4. The highest BCUT2D eigenvalue weighted by Gasteiger charge is 2.59. The second kappa shape index (κ2) is 32.6. The number of hydrogen-bond donors (Lipinski definition) is 3. The highest BCUT2D eigenvalue weighted by atomic mass is 127. The fraction of sp³-hybridized carbons (Fsp3) is 0.507. The minimum atomic E-state index is -0.475. The van der Waals surface area contributed by atoms with E-state index >= 15 is 0 Å². The molecule has 7 aliphatic rings. The van der Waals surface area contributed by atoms with Gasteiger partial charge in [0.05, 0.1) is 28.2 Å². The fourth-order valence-corrected chi connectivity index (χ4v) is 12.6. The molecule has 4 heterocycles. The van der Waals surface area contributed by atoms with Gasteiger partial charge in [-0.3, -0.25) is 24.0 Å². The maximum absolute atomic E-state index is 14.0. The molecular formula is C67H95IN6O6. The minimum Gasteiger partial charge on any atom is -0.396 e. The van der Waals surface area contributed by atoms with Crippen molar-refractivity contribution in [1.82, 2.24) is 18.9 Å². The number of carbonyl (C=O) groups excluding carboxylic acids is 5. The van der Waals surface area contributed by atoms with Crippen LogP contribution in [0.2, 0.25) is 0 Å². The van der Waals surface area contributed by atoms with Crippen molar-refractivity contribution in [2.75, 3.05) is 30.3 Å². The molecule has 0 radical (unpaired) electrons. The number of amides is 4. The number of aromatic nitrogens is 2. The molecule has 4 unspecified atom stereocenters. The molecule has 2 aromatic heterocycles. The molecule has 5 aliphatic carbocycles. The third-order valence-corrected chi connectivity index (χ3v) is 16.8. The lowest BCUT2D eigenvalue weighted by Gasteiger charge is -2.30. The number of benzene rings is 2. The first-order valence-corrected chi connectivity index (χ1v) is 30.2. The molecule has 3 N–H and O–H groups in total. The Labute approximate surface area is 497 Å². The first kappa shape index (κ1) is 63.4. The Hall–Kier alpha value is -5.80. The molecule has 7 atom stereocenters. The van der Waals surface area contributed by atoms with Gasteiger partial charge in [-0.1, -0.05) is 139 Å². The maximum atomic E-state index is 14.0. The van der Waals surface area contributed by atoms with Gasteiger partial charge in [-0.05, 0) is 137 Å². The van der Waals surface area contributed by atoms with Gasteiger partial charge in [-0.25, -0.2) is 0 Å². The van der Waals surface area contributed by atoms with Crippen molar-refractivity contribution >= 4 is 64.8 Å². The van der Waals surface area contributed by atoms with Crippen molar-refractivity contribution in [2.45, 2.75) is 162 Å². The molecule has 0 bridgehead atoms. The van der Waals surface area contributed by atoms with Crippen molar-refractivity contribution in [3.63, 3.8) is 0 Å². The number of anilines is 2. The SMILES string of the molecule is CC.CC.I.O=C(Nc1ccccc1-n1cccc1)[C@@H]1CCCN1C(=O)C1CCCCC1.O=C(Nc1ccccc1-n1cccc1)[C@@H]1CCCN1C(=O)CC1CCCCC[C@@H]1C(=O)C12C=CCC=CC1C2.OCC1C=CC=CCC1.[HH].[HH]. The normalized spacial score (nSPS) is 24.6. The first-order chi connectivity index (χ1) is 38.7. The van der Waals surface area contributed by atoms with Crippen molar-refractivity contribution in [1.29, 1.82) is 0 Å². The van der Waals surface area contributed by atoms with Gasteiger partial charge >= 0.3 is 0 Å². The van der Waals surface area contributed by atoms with Crippen LogP contribution in [0.4, 0.5) is 11.4 Å². The molecule has 436 valence electrons. The summed E-state index contributed by atoms with van der Waals surface area (Å²) < 4.78 is 3.95. The summed E-state index contributed by atoms with van der Waals surface area (Å²) in [5.41, 5.74) is 2.99. The summed E-state index contributed by atoms with van der Waals surface area (Å²) >= 11 is 0. The highest BCUT2D eigenvalue weighted by Crippen LogP contribution is 2.59. The molecule has 11 rings (SSSR count). The van der Waals surface area contributed by atoms with Crippen LogP contribution in [0.1, 0.15) is 153 Å². The van der Waals surface area contributed by atoms with E-state index in [-0.39, 0.29) is 86.3 Å². The van der Waals surface area contributed by atoms with Gasteiger partial charge in [0.1, 0.15) is 17.9 Å².